The van der Waals surface area contributed by atoms with Crippen LogP contribution in [0.4, 0.5) is 5.69 Å². The molecular formula is C19H18N2O2. The molecule has 2 heterocycles. The van der Waals surface area contributed by atoms with E-state index in [0.717, 1.165) is 49.8 Å². The van der Waals surface area contributed by atoms with Crippen molar-refractivity contribution in [2.24, 2.45) is 0 Å². The molecule has 116 valence electrons. The van der Waals surface area contributed by atoms with Gasteiger partial charge in [-0.25, -0.2) is 4.79 Å². The molecule has 0 amide bonds. The van der Waals surface area contributed by atoms with Crippen molar-refractivity contribution in [2.45, 2.75) is 32.1 Å². The lowest BCUT2D eigenvalue weighted by atomic mass is 9.91. The van der Waals surface area contributed by atoms with Crippen LogP contribution in [-0.2, 0) is 6.42 Å². The van der Waals surface area contributed by atoms with Gasteiger partial charge in [-0.1, -0.05) is 18.2 Å². The lowest BCUT2D eigenvalue weighted by Gasteiger charge is -2.31. The molecule has 1 aromatic heterocycles. The Morgan fingerprint density at radius 1 is 1.17 bits per heavy atom. The standard InChI is InChI=1S/C19H18N2O2/c20-12-15-18(21-10-4-1-5-11-21)17-14-7-3-2-6-13(14)8-9-16(17)23-19(15)22/h2,6,8-9H,1,3-5,7,10-11H2. The first-order valence-electron chi connectivity index (χ1n) is 8.24. The Balaban J connectivity index is 2.09. The highest BCUT2D eigenvalue weighted by Gasteiger charge is 2.24. The van der Waals surface area contributed by atoms with Gasteiger partial charge in [0.1, 0.15) is 11.7 Å². The van der Waals surface area contributed by atoms with E-state index in [-0.39, 0.29) is 5.56 Å². The Morgan fingerprint density at radius 3 is 2.78 bits per heavy atom. The van der Waals surface area contributed by atoms with Gasteiger partial charge < -0.3 is 9.32 Å². The molecule has 0 atom stereocenters. The van der Waals surface area contributed by atoms with Gasteiger partial charge in [0.05, 0.1) is 5.69 Å². The van der Waals surface area contributed by atoms with Crippen LogP contribution in [0, 0.1) is 11.3 Å². The third kappa shape index (κ3) is 2.24. The predicted molar refractivity (Wildman–Crippen MR) is 90.6 cm³/mol. The topological polar surface area (TPSA) is 57.2 Å². The molecule has 0 spiro atoms. The van der Waals surface area contributed by atoms with Gasteiger partial charge in [0.25, 0.3) is 0 Å². The first kappa shape index (κ1) is 14.1. The van der Waals surface area contributed by atoms with E-state index in [1.165, 1.54) is 17.5 Å². The highest BCUT2D eigenvalue weighted by atomic mass is 16.4. The molecule has 0 saturated carbocycles. The average molecular weight is 306 g/mol. The number of nitriles is 1. The van der Waals surface area contributed by atoms with Crippen molar-refractivity contribution < 1.29 is 4.42 Å². The minimum Gasteiger partial charge on any atom is -0.422 e. The van der Waals surface area contributed by atoms with E-state index in [0.29, 0.717) is 5.58 Å². The molecular weight excluding hydrogens is 288 g/mol. The molecule has 1 aliphatic carbocycles. The molecule has 1 aliphatic heterocycles. The van der Waals surface area contributed by atoms with Crippen LogP contribution in [0.1, 0.15) is 42.4 Å². The lowest BCUT2D eigenvalue weighted by Crippen LogP contribution is -2.31. The minimum absolute atomic E-state index is 0.155. The molecule has 1 aromatic carbocycles. The summed E-state index contributed by atoms with van der Waals surface area (Å²) in [6.07, 6.45) is 9.59. The van der Waals surface area contributed by atoms with Gasteiger partial charge >= 0.3 is 5.63 Å². The second-order valence-electron chi connectivity index (χ2n) is 6.22. The Morgan fingerprint density at radius 2 is 2.00 bits per heavy atom. The first-order valence-corrected chi connectivity index (χ1v) is 8.24. The lowest BCUT2D eigenvalue weighted by molar-refractivity contribution is 0.549. The van der Waals surface area contributed by atoms with Crippen LogP contribution in [-0.4, -0.2) is 13.1 Å². The molecule has 1 saturated heterocycles. The van der Waals surface area contributed by atoms with Crippen LogP contribution < -0.4 is 10.5 Å². The number of aryl methyl sites for hydroxylation is 1. The zero-order valence-electron chi connectivity index (χ0n) is 13.0. The molecule has 2 aromatic rings. The normalized spacial score (nSPS) is 17.1. The maximum atomic E-state index is 12.3. The third-order valence-electron chi connectivity index (χ3n) is 4.83. The van der Waals surface area contributed by atoms with Crippen molar-refractivity contribution in [3.63, 3.8) is 0 Å². The monoisotopic (exact) mass is 306 g/mol. The predicted octanol–water partition coefficient (Wildman–Crippen LogP) is 3.61. The highest BCUT2D eigenvalue weighted by molar-refractivity contribution is 5.98. The fraction of sp³-hybridized carbons (Fsp3) is 0.368. The Kier molecular flexibility index (Phi) is 3.42. The van der Waals surface area contributed by atoms with E-state index in [1.54, 1.807) is 0 Å². The van der Waals surface area contributed by atoms with Crippen molar-refractivity contribution in [1.82, 2.24) is 0 Å². The Hall–Kier alpha value is -2.54. The van der Waals surface area contributed by atoms with Crippen molar-refractivity contribution in [2.75, 3.05) is 18.0 Å². The summed E-state index contributed by atoms with van der Waals surface area (Å²) in [5.74, 6) is 0. The van der Waals surface area contributed by atoms with E-state index in [4.69, 9.17) is 4.42 Å². The number of hydrogen-bond acceptors (Lipinski definition) is 4. The van der Waals surface area contributed by atoms with Crippen LogP contribution in [0.2, 0.25) is 0 Å². The van der Waals surface area contributed by atoms with Gasteiger partial charge in [-0.2, -0.15) is 5.26 Å². The summed E-state index contributed by atoms with van der Waals surface area (Å²) in [5, 5.41) is 10.5. The molecule has 0 N–H and O–H groups in total. The SMILES string of the molecule is N#Cc1c(N2CCCCC2)c2c3c(ccc2oc1=O)C=CCC3. The van der Waals surface area contributed by atoms with E-state index in [2.05, 4.69) is 23.1 Å². The van der Waals surface area contributed by atoms with Crippen molar-refractivity contribution in [3.8, 4) is 6.07 Å². The molecule has 0 bridgehead atoms. The molecule has 1 fully saturated rings. The number of hydrogen-bond donors (Lipinski definition) is 0. The summed E-state index contributed by atoms with van der Waals surface area (Å²) in [6.45, 7) is 1.79. The van der Waals surface area contributed by atoms with Crippen molar-refractivity contribution in [3.05, 3.63) is 45.3 Å². The number of nitrogens with zero attached hydrogens (tertiary/aromatic N) is 2. The van der Waals surface area contributed by atoms with Crippen LogP contribution in [0.25, 0.3) is 17.0 Å². The summed E-state index contributed by atoms with van der Waals surface area (Å²) in [7, 11) is 0. The molecule has 2 aliphatic rings. The number of piperidine rings is 1. The van der Waals surface area contributed by atoms with Crippen LogP contribution in [0.5, 0.6) is 0 Å². The molecule has 4 rings (SSSR count). The first-order chi connectivity index (χ1) is 11.3. The molecule has 4 nitrogen and oxygen atoms in total. The summed E-state index contributed by atoms with van der Waals surface area (Å²) < 4.78 is 5.45. The third-order valence-corrected chi connectivity index (χ3v) is 4.83. The van der Waals surface area contributed by atoms with Gasteiger partial charge in [-0.05, 0) is 49.3 Å². The van der Waals surface area contributed by atoms with Gasteiger partial charge in [-0.3, -0.25) is 0 Å². The average Bonchev–Trinajstić information content (AvgIpc) is 2.61. The molecule has 23 heavy (non-hydrogen) atoms. The quantitative estimate of drug-likeness (QED) is 0.755. The summed E-state index contributed by atoms with van der Waals surface area (Å²) in [6, 6.07) is 5.96. The number of fused-ring (bicyclic) bond motifs is 3. The van der Waals surface area contributed by atoms with Gasteiger partial charge in [0, 0.05) is 18.5 Å². The molecule has 0 unspecified atom stereocenters. The second kappa shape index (κ2) is 5.58. The maximum Gasteiger partial charge on any atom is 0.356 e. The Bertz CT molecular complexity index is 896. The smallest absolute Gasteiger partial charge is 0.356 e. The fourth-order valence-electron chi connectivity index (χ4n) is 3.76. The van der Waals surface area contributed by atoms with E-state index >= 15 is 0 Å². The molecule has 4 heteroatoms. The van der Waals surface area contributed by atoms with Crippen LogP contribution >= 0.6 is 0 Å². The van der Waals surface area contributed by atoms with Gasteiger partial charge in [0.2, 0.25) is 0 Å². The second-order valence-corrected chi connectivity index (χ2v) is 6.22. The van der Waals surface area contributed by atoms with Gasteiger partial charge in [-0.15, -0.1) is 0 Å². The zero-order valence-corrected chi connectivity index (χ0v) is 13.0. The fourth-order valence-corrected chi connectivity index (χ4v) is 3.76. The maximum absolute atomic E-state index is 12.3. The number of benzene rings is 1. The van der Waals surface area contributed by atoms with E-state index < -0.39 is 5.63 Å². The minimum atomic E-state index is -0.521. The largest absolute Gasteiger partial charge is 0.422 e. The van der Waals surface area contributed by atoms with Crippen molar-refractivity contribution in [1.29, 1.82) is 5.26 Å². The summed E-state index contributed by atoms with van der Waals surface area (Å²) >= 11 is 0. The van der Waals surface area contributed by atoms with E-state index in [1.807, 2.05) is 12.1 Å². The summed E-state index contributed by atoms with van der Waals surface area (Å²) in [5.41, 5.74) is 3.40. The molecule has 0 radical (unpaired) electrons. The zero-order chi connectivity index (χ0) is 15.8. The highest BCUT2D eigenvalue weighted by Crippen LogP contribution is 2.36. The van der Waals surface area contributed by atoms with Crippen molar-refractivity contribution >= 4 is 22.7 Å². The van der Waals surface area contributed by atoms with Crippen LogP contribution in [0.15, 0.2) is 27.4 Å². The Labute approximate surface area is 134 Å². The summed E-state index contributed by atoms with van der Waals surface area (Å²) in [4.78, 5) is 14.5. The van der Waals surface area contributed by atoms with Crippen LogP contribution in [0.3, 0.4) is 0 Å². The number of anilines is 1. The number of rotatable bonds is 1. The van der Waals surface area contributed by atoms with E-state index in [9.17, 15) is 10.1 Å². The van der Waals surface area contributed by atoms with Gasteiger partial charge in [0.15, 0.2) is 5.56 Å². The number of allylic oxidation sites excluding steroid dienone is 1.